The van der Waals surface area contributed by atoms with Gasteiger partial charge in [0, 0.05) is 18.8 Å². The molecule has 1 amide bonds. The fraction of sp³-hybridized carbons (Fsp3) is 0.692. The Bertz CT molecular complexity index is 393. The normalized spacial score (nSPS) is 20.9. The zero-order valence-corrected chi connectivity index (χ0v) is 10.6. The monoisotopic (exact) mass is 248 g/mol. The summed E-state index contributed by atoms with van der Waals surface area (Å²) in [5.41, 5.74) is 0.691. The average Bonchev–Trinajstić information content (AvgIpc) is 3.10. The molecule has 1 aromatic rings. The summed E-state index contributed by atoms with van der Waals surface area (Å²) >= 11 is 0. The molecular formula is C13H20N4O. The van der Waals surface area contributed by atoms with E-state index >= 15 is 0 Å². The van der Waals surface area contributed by atoms with Gasteiger partial charge in [0.25, 0.3) is 5.91 Å². The molecule has 2 fully saturated rings. The van der Waals surface area contributed by atoms with Gasteiger partial charge in [0.05, 0.1) is 11.8 Å². The Morgan fingerprint density at radius 2 is 2.11 bits per heavy atom. The number of carbonyl (C=O) groups excluding carboxylic acids is 1. The number of nitrogens with one attached hydrogen (secondary N) is 2. The van der Waals surface area contributed by atoms with Crippen LogP contribution in [0.4, 0.5) is 0 Å². The lowest BCUT2D eigenvalue weighted by molar-refractivity contribution is 0.0702. The molecule has 2 N–H and O–H groups in total. The van der Waals surface area contributed by atoms with Crippen LogP contribution in [0.2, 0.25) is 0 Å². The molecule has 0 radical (unpaired) electrons. The summed E-state index contributed by atoms with van der Waals surface area (Å²) in [6.45, 7) is 3.09. The maximum absolute atomic E-state index is 12.4. The van der Waals surface area contributed by atoms with Crippen molar-refractivity contribution >= 4 is 5.91 Å². The van der Waals surface area contributed by atoms with Gasteiger partial charge in [0.2, 0.25) is 0 Å². The second-order valence-corrected chi connectivity index (χ2v) is 5.37. The third-order valence-electron chi connectivity index (χ3n) is 3.91. The Morgan fingerprint density at radius 1 is 1.33 bits per heavy atom. The maximum Gasteiger partial charge on any atom is 0.257 e. The lowest BCUT2D eigenvalue weighted by Gasteiger charge is -2.30. The molecule has 0 aromatic carbocycles. The van der Waals surface area contributed by atoms with E-state index in [4.69, 9.17) is 0 Å². The lowest BCUT2D eigenvalue weighted by atomic mass is 9.97. The summed E-state index contributed by atoms with van der Waals surface area (Å²) < 4.78 is 0. The second kappa shape index (κ2) is 5.10. The number of rotatable bonds is 4. The first-order valence-electron chi connectivity index (χ1n) is 6.85. The highest BCUT2D eigenvalue weighted by atomic mass is 16.2. The summed E-state index contributed by atoms with van der Waals surface area (Å²) in [7, 11) is 0. The highest BCUT2D eigenvalue weighted by molar-refractivity contribution is 5.94. The number of hydrogen-bond donors (Lipinski definition) is 2. The van der Waals surface area contributed by atoms with Crippen LogP contribution in [-0.4, -0.2) is 46.7 Å². The van der Waals surface area contributed by atoms with Gasteiger partial charge in [0.1, 0.15) is 0 Å². The molecule has 1 aliphatic carbocycles. The molecule has 5 heteroatoms. The van der Waals surface area contributed by atoms with Crippen molar-refractivity contribution in [3.63, 3.8) is 0 Å². The maximum atomic E-state index is 12.4. The summed E-state index contributed by atoms with van der Waals surface area (Å²) in [6, 6.07) is 0.474. The Labute approximate surface area is 107 Å². The van der Waals surface area contributed by atoms with Crippen molar-refractivity contribution < 1.29 is 4.79 Å². The van der Waals surface area contributed by atoms with Crippen LogP contribution in [0.1, 0.15) is 36.0 Å². The smallest absolute Gasteiger partial charge is 0.257 e. The first-order valence-corrected chi connectivity index (χ1v) is 6.85. The highest BCUT2D eigenvalue weighted by Crippen LogP contribution is 2.30. The van der Waals surface area contributed by atoms with Crippen LogP contribution < -0.4 is 5.32 Å². The molecule has 3 rings (SSSR count). The number of carbonyl (C=O) groups is 1. The molecule has 0 spiro atoms. The predicted octanol–water partition coefficient (Wildman–Crippen LogP) is 1.01. The minimum atomic E-state index is 0.143. The fourth-order valence-corrected chi connectivity index (χ4v) is 2.66. The van der Waals surface area contributed by atoms with E-state index < -0.39 is 0 Å². The molecule has 1 saturated heterocycles. The predicted molar refractivity (Wildman–Crippen MR) is 68.2 cm³/mol. The minimum absolute atomic E-state index is 0.143. The molecule has 1 aromatic heterocycles. The second-order valence-electron chi connectivity index (χ2n) is 5.37. The van der Waals surface area contributed by atoms with Crippen LogP contribution in [0.25, 0.3) is 0 Å². The molecule has 5 nitrogen and oxygen atoms in total. The number of aromatic amines is 1. The van der Waals surface area contributed by atoms with Gasteiger partial charge in [-0.05, 0) is 44.7 Å². The number of nitrogens with zero attached hydrogens (tertiary/aromatic N) is 2. The van der Waals surface area contributed by atoms with E-state index in [0.717, 1.165) is 32.5 Å². The fourth-order valence-electron chi connectivity index (χ4n) is 2.66. The van der Waals surface area contributed by atoms with E-state index in [1.54, 1.807) is 12.4 Å². The zero-order valence-electron chi connectivity index (χ0n) is 10.6. The summed E-state index contributed by atoms with van der Waals surface area (Å²) in [4.78, 5) is 14.5. The van der Waals surface area contributed by atoms with Gasteiger partial charge in [-0.2, -0.15) is 5.10 Å². The summed E-state index contributed by atoms with van der Waals surface area (Å²) in [5, 5.41) is 9.96. The number of amides is 1. The third-order valence-corrected chi connectivity index (χ3v) is 3.91. The van der Waals surface area contributed by atoms with Gasteiger partial charge in [-0.1, -0.05) is 0 Å². The highest BCUT2D eigenvalue weighted by Gasteiger charge is 2.34. The molecule has 0 bridgehead atoms. The van der Waals surface area contributed by atoms with Crippen molar-refractivity contribution in [2.24, 2.45) is 5.92 Å². The molecule has 0 unspecified atom stereocenters. The first kappa shape index (κ1) is 11.7. The Balaban J connectivity index is 1.66. The van der Waals surface area contributed by atoms with Gasteiger partial charge in [-0.15, -0.1) is 0 Å². The van der Waals surface area contributed by atoms with Crippen LogP contribution in [0, 0.1) is 5.92 Å². The number of hydrogen-bond acceptors (Lipinski definition) is 3. The van der Waals surface area contributed by atoms with E-state index in [9.17, 15) is 4.79 Å². The third kappa shape index (κ3) is 2.56. The molecule has 0 atom stereocenters. The topological polar surface area (TPSA) is 61.0 Å². The summed E-state index contributed by atoms with van der Waals surface area (Å²) in [6.07, 6.45) is 8.01. The minimum Gasteiger partial charge on any atom is -0.335 e. The molecular weight excluding hydrogens is 228 g/mol. The Morgan fingerprint density at radius 3 is 2.72 bits per heavy atom. The van der Waals surface area contributed by atoms with Crippen molar-refractivity contribution in [1.29, 1.82) is 0 Å². The quantitative estimate of drug-likeness (QED) is 0.836. The van der Waals surface area contributed by atoms with Crippen molar-refractivity contribution in [3.05, 3.63) is 18.0 Å². The van der Waals surface area contributed by atoms with Gasteiger partial charge >= 0.3 is 0 Å². The Kier molecular flexibility index (Phi) is 3.32. The largest absolute Gasteiger partial charge is 0.335 e. The molecule has 18 heavy (non-hydrogen) atoms. The summed E-state index contributed by atoms with van der Waals surface area (Å²) in [5.74, 6) is 0.799. The van der Waals surface area contributed by atoms with E-state index in [1.165, 1.54) is 12.8 Å². The van der Waals surface area contributed by atoms with Gasteiger partial charge in [0.15, 0.2) is 0 Å². The van der Waals surface area contributed by atoms with E-state index in [2.05, 4.69) is 20.4 Å². The van der Waals surface area contributed by atoms with Crippen LogP contribution in [0.5, 0.6) is 0 Å². The molecule has 1 aliphatic heterocycles. The SMILES string of the molecule is O=C(c1cn[nH]c1)N(CC1CCNCC1)C1CC1. The first-order chi connectivity index (χ1) is 8.84. The molecule has 2 heterocycles. The van der Waals surface area contributed by atoms with Crippen LogP contribution >= 0.6 is 0 Å². The van der Waals surface area contributed by atoms with E-state index in [0.29, 0.717) is 17.5 Å². The number of aromatic nitrogens is 2. The van der Waals surface area contributed by atoms with Crippen LogP contribution in [0.15, 0.2) is 12.4 Å². The lowest BCUT2D eigenvalue weighted by Crippen LogP contribution is -2.40. The van der Waals surface area contributed by atoms with Gasteiger partial charge in [-0.3, -0.25) is 9.89 Å². The zero-order chi connectivity index (χ0) is 12.4. The molecule has 1 saturated carbocycles. The van der Waals surface area contributed by atoms with Crippen molar-refractivity contribution in [2.45, 2.75) is 31.7 Å². The Hall–Kier alpha value is -1.36. The van der Waals surface area contributed by atoms with Gasteiger partial charge < -0.3 is 10.2 Å². The van der Waals surface area contributed by atoms with Crippen molar-refractivity contribution in [2.75, 3.05) is 19.6 Å². The molecule has 98 valence electrons. The van der Waals surface area contributed by atoms with Crippen molar-refractivity contribution in [1.82, 2.24) is 20.4 Å². The standard InChI is InChI=1S/C13H20N4O/c18-13(11-7-15-16-8-11)17(12-1-2-12)9-10-3-5-14-6-4-10/h7-8,10,12,14H,1-6,9H2,(H,15,16). The van der Waals surface area contributed by atoms with Crippen molar-refractivity contribution in [3.8, 4) is 0 Å². The van der Waals surface area contributed by atoms with Crippen LogP contribution in [-0.2, 0) is 0 Å². The number of piperidine rings is 1. The van der Waals surface area contributed by atoms with Crippen LogP contribution in [0.3, 0.4) is 0 Å². The van der Waals surface area contributed by atoms with E-state index in [1.807, 2.05) is 0 Å². The van der Waals surface area contributed by atoms with E-state index in [-0.39, 0.29) is 5.91 Å². The number of H-pyrrole nitrogens is 1. The average molecular weight is 248 g/mol. The molecule has 2 aliphatic rings. The van der Waals surface area contributed by atoms with Gasteiger partial charge in [-0.25, -0.2) is 0 Å².